The summed E-state index contributed by atoms with van der Waals surface area (Å²) in [7, 11) is 0. The summed E-state index contributed by atoms with van der Waals surface area (Å²) < 4.78 is 52.6. The van der Waals surface area contributed by atoms with Crippen molar-refractivity contribution in [2.75, 3.05) is 6.54 Å². The van der Waals surface area contributed by atoms with E-state index in [1.807, 2.05) is 6.92 Å². The van der Waals surface area contributed by atoms with Crippen LogP contribution in [0.2, 0.25) is 0 Å². The molecule has 0 saturated heterocycles. The minimum Gasteiger partial charge on any atom is -0.337 e. The molecule has 0 aliphatic carbocycles. The average molecular weight is 398 g/mol. The number of unbranched alkanes of at least 4 members (excludes halogenated alkanes) is 2. The van der Waals surface area contributed by atoms with E-state index < -0.39 is 35.6 Å². The zero-order valence-electron chi connectivity index (χ0n) is 15.5. The number of alkyl halides is 3. The third-order valence-electron chi connectivity index (χ3n) is 4.30. The number of hydrogen-bond acceptors (Lipinski definition) is 2. The Balaban J connectivity index is 2.20. The van der Waals surface area contributed by atoms with Gasteiger partial charge >= 0.3 is 6.18 Å². The number of hydrogen-bond donors (Lipinski definition) is 0. The van der Waals surface area contributed by atoms with E-state index in [2.05, 4.69) is 0 Å². The fraction of sp³-hybridized carbons (Fsp3) is 0.400. The van der Waals surface area contributed by atoms with Crippen molar-refractivity contribution < 1.29 is 22.4 Å². The number of benzene rings is 1. The minimum absolute atomic E-state index is 0.191. The number of rotatable bonds is 8. The first kappa shape index (κ1) is 21.7. The third-order valence-corrected chi connectivity index (χ3v) is 4.30. The van der Waals surface area contributed by atoms with Crippen molar-refractivity contribution in [3.05, 3.63) is 69.9 Å². The molecule has 2 rings (SSSR count). The first-order valence-corrected chi connectivity index (χ1v) is 9.01. The van der Waals surface area contributed by atoms with Crippen LogP contribution < -0.4 is 5.56 Å². The van der Waals surface area contributed by atoms with Gasteiger partial charge in [0, 0.05) is 19.3 Å². The predicted molar refractivity (Wildman–Crippen MR) is 97.0 cm³/mol. The van der Waals surface area contributed by atoms with E-state index in [1.165, 1.54) is 17.0 Å². The van der Waals surface area contributed by atoms with Crippen LogP contribution in [0.5, 0.6) is 0 Å². The Bertz CT molecular complexity index is 845. The molecule has 0 radical (unpaired) electrons. The summed E-state index contributed by atoms with van der Waals surface area (Å²) in [6, 6.07) is 7.44. The van der Waals surface area contributed by atoms with Crippen LogP contribution in [-0.4, -0.2) is 21.9 Å². The monoisotopic (exact) mass is 398 g/mol. The highest BCUT2D eigenvalue weighted by Crippen LogP contribution is 2.26. The van der Waals surface area contributed by atoms with Crippen molar-refractivity contribution in [1.29, 1.82) is 0 Å². The highest BCUT2D eigenvalue weighted by Gasteiger charge is 2.34. The molecular formula is C20H22F4N2O2. The zero-order chi connectivity index (χ0) is 20.7. The van der Waals surface area contributed by atoms with Crippen molar-refractivity contribution in [1.82, 2.24) is 9.47 Å². The number of nitrogens with zero attached hydrogens (tertiary/aromatic N) is 2. The fourth-order valence-electron chi connectivity index (χ4n) is 2.78. The summed E-state index contributed by atoms with van der Waals surface area (Å²) in [5.41, 5.74) is -1.86. The minimum atomic E-state index is -4.78. The maximum Gasteiger partial charge on any atom is 0.421 e. The second-order valence-electron chi connectivity index (χ2n) is 6.50. The second kappa shape index (κ2) is 9.52. The number of carbonyl (C=O) groups is 1. The van der Waals surface area contributed by atoms with Crippen LogP contribution in [0.4, 0.5) is 17.6 Å². The highest BCUT2D eigenvalue weighted by molar-refractivity contribution is 5.76. The summed E-state index contributed by atoms with van der Waals surface area (Å²) >= 11 is 0. The molecule has 0 saturated carbocycles. The van der Waals surface area contributed by atoms with Gasteiger partial charge in [0.1, 0.15) is 17.9 Å². The average Bonchev–Trinajstić information content (AvgIpc) is 2.63. The van der Waals surface area contributed by atoms with E-state index in [4.69, 9.17) is 0 Å². The molecule has 2 aromatic rings. The standard InChI is InChI=1S/C20H22F4N2O2/c1-2-3-4-11-25(13-15-7-9-16(21)10-8-15)18(27)14-26-12-5-6-17(19(26)28)20(22,23)24/h5-10,12H,2-4,11,13-14H2,1H3. The molecule has 0 fully saturated rings. The molecule has 4 nitrogen and oxygen atoms in total. The van der Waals surface area contributed by atoms with Crippen LogP contribution in [0.3, 0.4) is 0 Å². The lowest BCUT2D eigenvalue weighted by Gasteiger charge is -2.23. The lowest BCUT2D eigenvalue weighted by atomic mass is 10.2. The van der Waals surface area contributed by atoms with Gasteiger partial charge in [0.05, 0.1) is 0 Å². The van der Waals surface area contributed by atoms with Crippen molar-refractivity contribution in [3.63, 3.8) is 0 Å². The summed E-state index contributed by atoms with van der Waals surface area (Å²) in [5.74, 6) is -0.870. The molecule has 28 heavy (non-hydrogen) atoms. The Morgan fingerprint density at radius 3 is 2.39 bits per heavy atom. The summed E-state index contributed by atoms with van der Waals surface area (Å²) in [4.78, 5) is 26.2. The lowest BCUT2D eigenvalue weighted by molar-refractivity contribution is -0.139. The number of pyridine rings is 1. The van der Waals surface area contributed by atoms with Crippen molar-refractivity contribution >= 4 is 5.91 Å². The van der Waals surface area contributed by atoms with Gasteiger partial charge in [-0.05, 0) is 36.2 Å². The molecule has 1 heterocycles. The van der Waals surface area contributed by atoms with Gasteiger partial charge in [0.25, 0.3) is 5.56 Å². The molecule has 0 atom stereocenters. The van der Waals surface area contributed by atoms with E-state index in [1.54, 1.807) is 12.1 Å². The van der Waals surface area contributed by atoms with E-state index in [9.17, 15) is 27.2 Å². The molecule has 0 aliphatic rings. The Hall–Kier alpha value is -2.64. The topological polar surface area (TPSA) is 42.3 Å². The van der Waals surface area contributed by atoms with Crippen molar-refractivity contribution in [3.8, 4) is 0 Å². The number of halogens is 4. The van der Waals surface area contributed by atoms with Crippen LogP contribution >= 0.6 is 0 Å². The Morgan fingerprint density at radius 1 is 1.11 bits per heavy atom. The molecule has 0 aliphatic heterocycles. The number of aromatic nitrogens is 1. The van der Waals surface area contributed by atoms with Crippen LogP contribution in [-0.2, 0) is 24.1 Å². The van der Waals surface area contributed by atoms with Gasteiger partial charge in [-0.3, -0.25) is 9.59 Å². The first-order chi connectivity index (χ1) is 13.2. The highest BCUT2D eigenvalue weighted by atomic mass is 19.4. The van der Waals surface area contributed by atoms with Crippen LogP contribution in [0.1, 0.15) is 37.3 Å². The first-order valence-electron chi connectivity index (χ1n) is 9.01. The summed E-state index contributed by atoms with van der Waals surface area (Å²) in [5, 5.41) is 0. The Morgan fingerprint density at radius 2 is 1.79 bits per heavy atom. The van der Waals surface area contributed by atoms with Gasteiger partial charge < -0.3 is 9.47 Å². The SMILES string of the molecule is CCCCCN(Cc1ccc(F)cc1)C(=O)Cn1cccc(C(F)(F)F)c1=O. The van der Waals surface area contributed by atoms with Crippen LogP contribution in [0.15, 0.2) is 47.4 Å². The van der Waals surface area contributed by atoms with Gasteiger partial charge in [-0.1, -0.05) is 31.9 Å². The normalized spacial score (nSPS) is 11.5. The van der Waals surface area contributed by atoms with E-state index >= 15 is 0 Å². The van der Waals surface area contributed by atoms with Gasteiger partial charge in [-0.2, -0.15) is 13.2 Å². The van der Waals surface area contributed by atoms with Gasteiger partial charge in [0.15, 0.2) is 0 Å². The van der Waals surface area contributed by atoms with E-state index in [0.717, 1.165) is 36.1 Å². The Kier molecular flexibility index (Phi) is 7.37. The van der Waals surface area contributed by atoms with E-state index in [0.29, 0.717) is 18.2 Å². The summed E-state index contributed by atoms with van der Waals surface area (Å²) in [6.45, 7) is 2.11. The molecule has 0 bridgehead atoms. The maximum atomic E-state index is 13.1. The maximum absolute atomic E-state index is 13.1. The fourth-order valence-corrected chi connectivity index (χ4v) is 2.78. The van der Waals surface area contributed by atoms with Crippen LogP contribution in [0.25, 0.3) is 0 Å². The zero-order valence-corrected chi connectivity index (χ0v) is 15.5. The number of carbonyl (C=O) groups excluding carboxylic acids is 1. The molecule has 152 valence electrons. The predicted octanol–water partition coefficient (Wildman–Crippen LogP) is 4.23. The van der Waals surface area contributed by atoms with Gasteiger partial charge in [-0.25, -0.2) is 4.39 Å². The molecule has 1 amide bonds. The molecule has 0 N–H and O–H groups in total. The molecule has 0 unspecified atom stereocenters. The van der Waals surface area contributed by atoms with Crippen LogP contribution in [0, 0.1) is 5.82 Å². The molecule has 1 aromatic heterocycles. The number of amides is 1. The molecule has 1 aromatic carbocycles. The largest absolute Gasteiger partial charge is 0.421 e. The van der Waals surface area contributed by atoms with Gasteiger partial charge in [0.2, 0.25) is 5.91 Å². The van der Waals surface area contributed by atoms with Crippen molar-refractivity contribution in [2.24, 2.45) is 0 Å². The summed E-state index contributed by atoms with van der Waals surface area (Å²) in [6.07, 6.45) is -1.07. The van der Waals surface area contributed by atoms with E-state index in [-0.39, 0.29) is 6.54 Å². The smallest absolute Gasteiger partial charge is 0.337 e. The molecule has 0 spiro atoms. The third kappa shape index (κ3) is 5.94. The molecule has 8 heteroatoms. The lowest BCUT2D eigenvalue weighted by Crippen LogP contribution is -2.38. The Labute approximate surface area is 160 Å². The second-order valence-corrected chi connectivity index (χ2v) is 6.50. The van der Waals surface area contributed by atoms with Gasteiger partial charge in [-0.15, -0.1) is 0 Å². The quantitative estimate of drug-likeness (QED) is 0.494. The van der Waals surface area contributed by atoms with Crippen molar-refractivity contribution in [2.45, 2.75) is 45.5 Å². The molecular weight excluding hydrogens is 376 g/mol.